The maximum Gasteiger partial charge on any atom is 0.143 e. The van der Waals surface area contributed by atoms with E-state index in [2.05, 4.69) is 289 Å². The van der Waals surface area contributed by atoms with E-state index in [1.807, 2.05) is 0 Å². The first kappa shape index (κ1) is 42.5. The monoisotopic (exact) mass is 966 g/mol. The Kier molecular flexibility index (Phi) is 9.25. The van der Waals surface area contributed by atoms with Gasteiger partial charge in [0.05, 0.1) is 16.8 Å². The molecular weight excluding hydrogens is 921 g/mol. The van der Waals surface area contributed by atoms with E-state index in [0.29, 0.717) is 0 Å². The standard InChI is InChI=1S/C73H46N2O/c1-3-19-47(20-4-1)48-35-37-50(38-36-48)74(51-39-41-55-57-26-11-16-32-68(57)75(49-21-5-2-6-22-49)69-33-17-12-27-58(69)62(55)45-51)52-40-43-66-63(46-52)54-24-8-7-23-53(54)56-25-9-14-30-64(56)73(66)65-31-15-10-29-61(65)71-67(73)44-42-60-59-28-13-18-34-70(59)76-72(60)71/h1-46H. The summed E-state index contributed by atoms with van der Waals surface area (Å²) in [6.07, 6.45) is 0. The van der Waals surface area contributed by atoms with Gasteiger partial charge < -0.3 is 14.2 Å². The molecule has 354 valence electrons. The lowest BCUT2D eigenvalue weighted by Gasteiger charge is -2.36. The zero-order valence-electron chi connectivity index (χ0n) is 41.4. The van der Waals surface area contributed by atoms with E-state index < -0.39 is 5.41 Å². The molecule has 0 saturated heterocycles. The first-order valence-electron chi connectivity index (χ1n) is 26.2. The SMILES string of the molecule is c1ccc(-c2ccc(N(c3ccc4c(c3)-c3ccccc3N(c3ccccc3)c3ccccc3-4)c3ccc4c(c3)-c3ccccc3-c3ccccc3C43c4ccccc4-c4c3ccc3c4oc4ccccc43)cc2)cc1. The molecule has 1 atom stereocenters. The van der Waals surface area contributed by atoms with E-state index in [-0.39, 0.29) is 0 Å². The summed E-state index contributed by atoms with van der Waals surface area (Å²) >= 11 is 0. The fourth-order valence-corrected chi connectivity index (χ4v) is 13.3. The Morgan fingerprint density at radius 3 is 1.53 bits per heavy atom. The van der Waals surface area contributed by atoms with E-state index in [1.54, 1.807) is 0 Å². The molecule has 0 radical (unpaired) electrons. The fourth-order valence-electron chi connectivity index (χ4n) is 13.3. The van der Waals surface area contributed by atoms with E-state index >= 15 is 0 Å². The third kappa shape index (κ3) is 6.05. The van der Waals surface area contributed by atoms with Crippen molar-refractivity contribution in [2.24, 2.45) is 0 Å². The molecule has 13 aromatic rings. The number of rotatable bonds is 5. The van der Waals surface area contributed by atoms with Gasteiger partial charge >= 0.3 is 0 Å². The van der Waals surface area contributed by atoms with Gasteiger partial charge in [0.25, 0.3) is 0 Å². The number of fused-ring (bicyclic) bond motifs is 21. The molecule has 2 aliphatic carbocycles. The van der Waals surface area contributed by atoms with Crippen LogP contribution in [0.2, 0.25) is 0 Å². The molecule has 0 bridgehead atoms. The molecule has 3 nitrogen and oxygen atoms in total. The maximum absolute atomic E-state index is 6.95. The Bertz CT molecular complexity index is 4480. The Morgan fingerprint density at radius 2 is 0.789 bits per heavy atom. The number of anilines is 6. The van der Waals surface area contributed by atoms with Gasteiger partial charge in [0.1, 0.15) is 11.2 Å². The molecule has 1 unspecified atom stereocenters. The smallest absolute Gasteiger partial charge is 0.143 e. The van der Waals surface area contributed by atoms with Crippen molar-refractivity contribution in [3.63, 3.8) is 0 Å². The lowest BCUT2D eigenvalue weighted by atomic mass is 9.66. The summed E-state index contributed by atoms with van der Waals surface area (Å²) in [4.78, 5) is 4.88. The van der Waals surface area contributed by atoms with Crippen LogP contribution < -0.4 is 9.80 Å². The zero-order chi connectivity index (χ0) is 49.9. The van der Waals surface area contributed by atoms with Crippen LogP contribution in [0, 0.1) is 0 Å². The molecule has 3 heteroatoms. The van der Waals surface area contributed by atoms with Crippen molar-refractivity contribution in [2.75, 3.05) is 9.80 Å². The molecule has 2 heterocycles. The van der Waals surface area contributed by atoms with Crippen LogP contribution in [0.4, 0.5) is 34.1 Å². The second-order valence-electron chi connectivity index (χ2n) is 20.3. The third-order valence-electron chi connectivity index (χ3n) is 16.4. The van der Waals surface area contributed by atoms with Gasteiger partial charge in [-0.1, -0.05) is 212 Å². The summed E-state index contributed by atoms with van der Waals surface area (Å²) in [6.45, 7) is 0. The van der Waals surface area contributed by atoms with Crippen molar-refractivity contribution in [1.82, 2.24) is 0 Å². The van der Waals surface area contributed by atoms with Crippen molar-refractivity contribution >= 4 is 56.1 Å². The fraction of sp³-hybridized carbons (Fsp3) is 0.0137. The van der Waals surface area contributed by atoms with Crippen LogP contribution in [-0.2, 0) is 5.41 Å². The van der Waals surface area contributed by atoms with Gasteiger partial charge in [-0.15, -0.1) is 0 Å². The van der Waals surface area contributed by atoms with E-state index in [0.717, 1.165) is 61.6 Å². The molecule has 1 aliphatic heterocycles. The predicted octanol–water partition coefficient (Wildman–Crippen LogP) is 19.9. The summed E-state index contributed by atoms with van der Waals surface area (Å²) in [7, 11) is 0. The predicted molar refractivity (Wildman–Crippen MR) is 315 cm³/mol. The molecule has 76 heavy (non-hydrogen) atoms. The molecule has 0 amide bonds. The van der Waals surface area contributed by atoms with Crippen LogP contribution in [0.15, 0.2) is 283 Å². The third-order valence-corrected chi connectivity index (χ3v) is 16.4. The molecule has 1 spiro atoms. The molecule has 1 aromatic heterocycles. The van der Waals surface area contributed by atoms with Crippen molar-refractivity contribution in [2.45, 2.75) is 5.41 Å². The van der Waals surface area contributed by atoms with Gasteiger partial charge in [-0.2, -0.15) is 0 Å². The molecule has 16 rings (SSSR count). The van der Waals surface area contributed by atoms with Crippen LogP contribution in [0.1, 0.15) is 22.3 Å². The first-order chi connectivity index (χ1) is 37.7. The number of hydrogen-bond acceptors (Lipinski definition) is 3. The molecule has 3 aliphatic rings. The summed E-state index contributed by atoms with van der Waals surface area (Å²) in [6, 6.07) is 103. The normalized spacial score (nSPS) is 14.3. The van der Waals surface area contributed by atoms with Crippen molar-refractivity contribution in [3.05, 3.63) is 301 Å². The maximum atomic E-state index is 6.95. The van der Waals surface area contributed by atoms with Crippen molar-refractivity contribution < 1.29 is 4.42 Å². The second kappa shape index (κ2) is 16.5. The summed E-state index contributed by atoms with van der Waals surface area (Å²) in [5.74, 6) is 0. The first-order valence-corrected chi connectivity index (χ1v) is 26.2. The van der Waals surface area contributed by atoms with Gasteiger partial charge in [0, 0.05) is 50.2 Å². The molecule has 0 fully saturated rings. The highest BCUT2D eigenvalue weighted by atomic mass is 16.3. The topological polar surface area (TPSA) is 19.6 Å². The highest BCUT2D eigenvalue weighted by Gasteiger charge is 2.51. The molecule has 12 aromatic carbocycles. The number of para-hydroxylation sites is 4. The number of benzene rings is 12. The highest BCUT2D eigenvalue weighted by molar-refractivity contribution is 6.13. The van der Waals surface area contributed by atoms with Crippen LogP contribution >= 0.6 is 0 Å². The van der Waals surface area contributed by atoms with Crippen LogP contribution in [0.3, 0.4) is 0 Å². The largest absolute Gasteiger partial charge is 0.455 e. The van der Waals surface area contributed by atoms with Crippen LogP contribution in [-0.4, -0.2) is 0 Å². The number of hydrogen-bond donors (Lipinski definition) is 0. The minimum absolute atomic E-state index is 0.684. The summed E-state index contributed by atoms with van der Waals surface area (Å²) in [5, 5.41) is 2.27. The van der Waals surface area contributed by atoms with E-state index in [1.165, 1.54) is 83.5 Å². The van der Waals surface area contributed by atoms with Gasteiger partial charge in [-0.05, 0) is 139 Å². The Hall–Kier alpha value is -9.96. The molecule has 0 N–H and O–H groups in total. The van der Waals surface area contributed by atoms with Crippen molar-refractivity contribution in [1.29, 1.82) is 0 Å². The zero-order valence-corrected chi connectivity index (χ0v) is 41.4. The lowest BCUT2D eigenvalue weighted by Crippen LogP contribution is -2.29. The van der Waals surface area contributed by atoms with E-state index in [4.69, 9.17) is 4.42 Å². The number of furan rings is 1. The Labute approximate surface area is 441 Å². The van der Waals surface area contributed by atoms with Gasteiger partial charge in [0.2, 0.25) is 0 Å². The molecule has 0 saturated carbocycles. The molecular formula is C73H46N2O. The highest BCUT2D eigenvalue weighted by Crippen LogP contribution is 2.63. The average molecular weight is 967 g/mol. The number of nitrogens with zero attached hydrogens (tertiary/aromatic N) is 2. The Balaban J connectivity index is 0.965. The average Bonchev–Trinajstić information content (AvgIpc) is 4.14. The summed E-state index contributed by atoms with van der Waals surface area (Å²) < 4.78 is 6.95. The minimum atomic E-state index is -0.684. The van der Waals surface area contributed by atoms with Gasteiger partial charge in [-0.3, -0.25) is 0 Å². The quantitative estimate of drug-likeness (QED) is 0.171. The lowest BCUT2D eigenvalue weighted by molar-refractivity contribution is 0.669. The van der Waals surface area contributed by atoms with Gasteiger partial charge in [-0.25, -0.2) is 0 Å². The van der Waals surface area contributed by atoms with Crippen molar-refractivity contribution in [3.8, 4) is 66.8 Å². The van der Waals surface area contributed by atoms with E-state index in [9.17, 15) is 0 Å². The van der Waals surface area contributed by atoms with Crippen LogP contribution in [0.5, 0.6) is 0 Å². The summed E-state index contributed by atoms with van der Waals surface area (Å²) in [5.41, 5.74) is 27.0. The second-order valence-corrected chi connectivity index (χ2v) is 20.3. The van der Waals surface area contributed by atoms with Gasteiger partial charge in [0.15, 0.2) is 0 Å². The Morgan fingerprint density at radius 1 is 0.303 bits per heavy atom. The minimum Gasteiger partial charge on any atom is -0.455 e. The van der Waals surface area contributed by atoms with Crippen LogP contribution in [0.25, 0.3) is 88.7 Å².